The molecule has 0 aliphatic rings. The van der Waals surface area contributed by atoms with Crippen molar-refractivity contribution in [2.45, 2.75) is 226 Å². The van der Waals surface area contributed by atoms with E-state index in [0.29, 0.717) is 19.3 Å². The third kappa shape index (κ3) is 45.7. The van der Waals surface area contributed by atoms with Crippen LogP contribution in [0.5, 0.6) is 0 Å². The molecular formula is C54H90O6. The summed E-state index contributed by atoms with van der Waals surface area (Å²) in [6, 6.07) is 0. The summed E-state index contributed by atoms with van der Waals surface area (Å²) in [7, 11) is 0. The van der Waals surface area contributed by atoms with Gasteiger partial charge in [0.05, 0.1) is 0 Å². The highest BCUT2D eigenvalue weighted by Crippen LogP contribution is 2.14. The highest BCUT2D eigenvalue weighted by Gasteiger charge is 2.19. The smallest absolute Gasteiger partial charge is 0.306 e. The van der Waals surface area contributed by atoms with E-state index in [1.54, 1.807) is 0 Å². The molecular weight excluding hydrogens is 745 g/mol. The maximum absolute atomic E-state index is 12.7. The highest BCUT2D eigenvalue weighted by molar-refractivity contribution is 5.71. The van der Waals surface area contributed by atoms with Crippen molar-refractivity contribution in [1.82, 2.24) is 0 Å². The minimum atomic E-state index is -0.811. The first-order valence-corrected chi connectivity index (χ1v) is 24.6. The normalized spacial score (nSPS) is 12.8. The zero-order valence-electron chi connectivity index (χ0n) is 38.9. The summed E-state index contributed by atoms with van der Waals surface area (Å²) in [5, 5.41) is 0. The van der Waals surface area contributed by atoms with Crippen LogP contribution in [0.2, 0.25) is 0 Å². The van der Waals surface area contributed by atoms with Crippen LogP contribution in [0.25, 0.3) is 0 Å². The summed E-state index contributed by atoms with van der Waals surface area (Å²) in [5.74, 6) is -0.990. The first kappa shape index (κ1) is 56.6. The van der Waals surface area contributed by atoms with Gasteiger partial charge in [-0.05, 0) is 96.3 Å². The average Bonchev–Trinajstić information content (AvgIpc) is 3.24. The predicted octanol–water partition coefficient (Wildman–Crippen LogP) is 16.0. The van der Waals surface area contributed by atoms with E-state index in [2.05, 4.69) is 106 Å². The number of carbonyl (C=O) groups is 3. The second kappa shape index (κ2) is 48.3. The maximum Gasteiger partial charge on any atom is 0.306 e. The molecule has 0 unspecified atom stereocenters. The number of rotatable bonds is 43. The Balaban J connectivity index is 4.52. The molecule has 0 rings (SSSR count). The lowest BCUT2D eigenvalue weighted by molar-refractivity contribution is -0.167. The molecule has 0 aliphatic carbocycles. The van der Waals surface area contributed by atoms with Crippen molar-refractivity contribution in [2.75, 3.05) is 13.2 Å². The Hall–Kier alpha value is -3.41. The lowest BCUT2D eigenvalue weighted by Crippen LogP contribution is -2.30. The van der Waals surface area contributed by atoms with Gasteiger partial charge in [0, 0.05) is 19.3 Å². The monoisotopic (exact) mass is 835 g/mol. The molecule has 0 aromatic heterocycles. The number of carbonyl (C=O) groups excluding carboxylic acids is 3. The molecule has 0 bridgehead atoms. The van der Waals surface area contributed by atoms with E-state index in [1.165, 1.54) is 83.5 Å². The van der Waals surface area contributed by atoms with Crippen molar-refractivity contribution < 1.29 is 28.6 Å². The molecule has 6 nitrogen and oxygen atoms in total. The summed E-state index contributed by atoms with van der Waals surface area (Å²) in [6.07, 6.45) is 61.4. The SMILES string of the molecule is CC/C=C\C/C=C\C/C=C\C/C=C\CCCCC(=O)O[C@H](COC(=O)CCCC/C=C\C/C=C\C/C=C\CCCCC)COC(=O)CCCCCCCCCCCCCC. The molecule has 342 valence electrons. The first-order chi connectivity index (χ1) is 29.5. The molecule has 60 heavy (non-hydrogen) atoms. The van der Waals surface area contributed by atoms with Gasteiger partial charge in [-0.1, -0.05) is 189 Å². The Bertz CT molecular complexity index is 1190. The quantitative estimate of drug-likeness (QED) is 0.0263. The Morgan fingerprint density at radius 3 is 1.05 bits per heavy atom. The van der Waals surface area contributed by atoms with Gasteiger partial charge >= 0.3 is 17.9 Å². The van der Waals surface area contributed by atoms with Crippen LogP contribution in [0.4, 0.5) is 0 Å². The fourth-order valence-electron chi connectivity index (χ4n) is 6.44. The van der Waals surface area contributed by atoms with Gasteiger partial charge < -0.3 is 14.2 Å². The molecule has 0 aromatic rings. The van der Waals surface area contributed by atoms with E-state index in [1.807, 2.05) is 0 Å². The van der Waals surface area contributed by atoms with Crippen molar-refractivity contribution in [3.8, 4) is 0 Å². The highest BCUT2D eigenvalue weighted by atomic mass is 16.6. The van der Waals surface area contributed by atoms with E-state index in [0.717, 1.165) is 89.9 Å². The average molecular weight is 835 g/mol. The van der Waals surface area contributed by atoms with E-state index in [4.69, 9.17) is 14.2 Å². The number of hydrogen-bond acceptors (Lipinski definition) is 6. The van der Waals surface area contributed by atoms with Crippen LogP contribution >= 0.6 is 0 Å². The Morgan fingerprint density at radius 1 is 0.350 bits per heavy atom. The van der Waals surface area contributed by atoms with E-state index in [9.17, 15) is 14.4 Å². The predicted molar refractivity (Wildman–Crippen MR) is 256 cm³/mol. The maximum atomic E-state index is 12.7. The van der Waals surface area contributed by atoms with Gasteiger partial charge in [0.25, 0.3) is 0 Å². The van der Waals surface area contributed by atoms with Gasteiger partial charge in [-0.25, -0.2) is 0 Å². The van der Waals surface area contributed by atoms with Gasteiger partial charge in [0.1, 0.15) is 13.2 Å². The molecule has 0 fully saturated rings. The number of ether oxygens (including phenoxy) is 3. The zero-order chi connectivity index (χ0) is 43.7. The largest absolute Gasteiger partial charge is 0.462 e. The fourth-order valence-corrected chi connectivity index (χ4v) is 6.44. The van der Waals surface area contributed by atoms with Crippen molar-refractivity contribution >= 4 is 17.9 Å². The number of unbranched alkanes of at least 4 members (excludes halogenated alkanes) is 18. The van der Waals surface area contributed by atoms with Crippen molar-refractivity contribution in [3.05, 3.63) is 85.1 Å². The van der Waals surface area contributed by atoms with Crippen molar-refractivity contribution in [2.24, 2.45) is 0 Å². The van der Waals surface area contributed by atoms with Gasteiger partial charge in [0.15, 0.2) is 6.10 Å². The first-order valence-electron chi connectivity index (χ1n) is 24.6. The number of esters is 3. The second-order valence-corrected chi connectivity index (χ2v) is 16.0. The van der Waals surface area contributed by atoms with Crippen molar-refractivity contribution in [1.29, 1.82) is 0 Å². The van der Waals surface area contributed by atoms with Crippen molar-refractivity contribution in [3.63, 3.8) is 0 Å². The summed E-state index contributed by atoms with van der Waals surface area (Å²) < 4.78 is 16.7. The third-order valence-corrected chi connectivity index (χ3v) is 10.1. The van der Waals surface area contributed by atoms with Crippen LogP contribution in [-0.2, 0) is 28.6 Å². The molecule has 0 radical (unpaired) electrons. The molecule has 0 saturated carbocycles. The molecule has 0 aromatic carbocycles. The minimum Gasteiger partial charge on any atom is -0.462 e. The Morgan fingerprint density at radius 2 is 0.650 bits per heavy atom. The molecule has 1 atom stereocenters. The molecule has 0 amide bonds. The van der Waals surface area contributed by atoms with Gasteiger partial charge in [0.2, 0.25) is 0 Å². The van der Waals surface area contributed by atoms with E-state index in [-0.39, 0.29) is 37.5 Å². The van der Waals surface area contributed by atoms with Crippen LogP contribution in [0.1, 0.15) is 220 Å². The van der Waals surface area contributed by atoms with Gasteiger partial charge in [-0.3, -0.25) is 14.4 Å². The van der Waals surface area contributed by atoms with Crippen LogP contribution in [0, 0.1) is 0 Å². The molecule has 0 spiro atoms. The Kier molecular flexibility index (Phi) is 45.5. The molecule has 0 aliphatic heterocycles. The molecule has 6 heteroatoms. The Labute approximate surface area is 369 Å². The molecule has 0 N–H and O–H groups in total. The number of hydrogen-bond donors (Lipinski definition) is 0. The lowest BCUT2D eigenvalue weighted by atomic mass is 10.0. The summed E-state index contributed by atoms with van der Waals surface area (Å²) in [6.45, 7) is 6.41. The molecule has 0 heterocycles. The number of allylic oxidation sites excluding steroid dienone is 14. The minimum absolute atomic E-state index is 0.105. The van der Waals surface area contributed by atoms with E-state index < -0.39 is 6.10 Å². The zero-order valence-corrected chi connectivity index (χ0v) is 38.9. The topological polar surface area (TPSA) is 78.9 Å². The molecule has 0 saturated heterocycles. The standard InChI is InChI=1S/C54H90O6/c1-4-7-10-13-16-19-22-25-27-29-32-35-38-41-44-47-53(56)59-50-51(49-58-52(55)46-43-40-37-34-31-24-21-18-15-12-9-6-3)60-54(57)48-45-42-39-36-33-30-28-26-23-20-17-14-11-8-5-2/h8,11,16-17,19-20,25-28,32-33,35-36,51H,4-7,9-10,12-15,18,21-24,29-31,34,37-50H2,1-3H3/b11-8-,19-16-,20-17-,27-25-,28-26-,35-32-,36-33-/t51-/m0/s1. The third-order valence-electron chi connectivity index (χ3n) is 10.1. The van der Waals surface area contributed by atoms with Crippen LogP contribution in [-0.4, -0.2) is 37.2 Å². The summed E-state index contributed by atoms with van der Waals surface area (Å²) in [5.41, 5.74) is 0. The van der Waals surface area contributed by atoms with Crippen LogP contribution in [0.15, 0.2) is 85.1 Å². The summed E-state index contributed by atoms with van der Waals surface area (Å²) in [4.78, 5) is 37.9. The lowest BCUT2D eigenvalue weighted by Gasteiger charge is -2.18. The van der Waals surface area contributed by atoms with Gasteiger partial charge in [-0.2, -0.15) is 0 Å². The fraction of sp³-hybridized carbons (Fsp3) is 0.685. The second-order valence-electron chi connectivity index (χ2n) is 16.0. The van der Waals surface area contributed by atoms with Gasteiger partial charge in [-0.15, -0.1) is 0 Å². The van der Waals surface area contributed by atoms with Crippen LogP contribution < -0.4 is 0 Å². The van der Waals surface area contributed by atoms with Crippen LogP contribution in [0.3, 0.4) is 0 Å². The van der Waals surface area contributed by atoms with E-state index >= 15 is 0 Å². The summed E-state index contributed by atoms with van der Waals surface area (Å²) >= 11 is 0.